The number of hydrogen-bond acceptors (Lipinski definition) is 5. The van der Waals surface area contributed by atoms with Crippen LogP contribution in [-0.2, 0) is 19.7 Å². The Hall–Kier alpha value is -1.38. The number of esters is 1. The minimum Gasteiger partial charge on any atom is -0.465 e. The molecule has 21 heavy (non-hydrogen) atoms. The van der Waals surface area contributed by atoms with Gasteiger partial charge in [-0.25, -0.2) is 4.98 Å². The molecule has 1 saturated heterocycles. The zero-order valence-corrected chi connectivity index (χ0v) is 13.0. The second-order valence-corrected chi connectivity index (χ2v) is 6.55. The van der Waals surface area contributed by atoms with Gasteiger partial charge in [0.15, 0.2) is 0 Å². The van der Waals surface area contributed by atoms with Crippen molar-refractivity contribution in [3.8, 4) is 0 Å². The molecule has 0 radical (unpaired) electrons. The molecule has 0 amide bonds. The highest BCUT2D eigenvalue weighted by atomic mass is 35.5. The van der Waals surface area contributed by atoms with E-state index >= 15 is 0 Å². The number of halogens is 1. The van der Waals surface area contributed by atoms with Crippen LogP contribution in [0.15, 0.2) is 18.3 Å². The van der Waals surface area contributed by atoms with Crippen LogP contribution in [0.25, 0.3) is 0 Å². The Balaban J connectivity index is 2.16. The standard InChI is InChI=1S/C12H16ClN3O4S/c1-2-20-12(17)10-4-3-7-16(10)21(18,19)15-11-8-9(13)5-6-14-11/h5-6,8,10H,2-4,7H2,1H3,(H,14,15). The predicted molar refractivity (Wildman–Crippen MR) is 78.2 cm³/mol. The van der Waals surface area contributed by atoms with Gasteiger partial charge in [-0.2, -0.15) is 12.7 Å². The summed E-state index contributed by atoms with van der Waals surface area (Å²) in [5.41, 5.74) is 0. The van der Waals surface area contributed by atoms with Crippen LogP contribution in [0, 0.1) is 0 Å². The van der Waals surface area contributed by atoms with E-state index in [1.54, 1.807) is 6.92 Å². The van der Waals surface area contributed by atoms with Gasteiger partial charge in [0.2, 0.25) is 0 Å². The molecule has 7 nitrogen and oxygen atoms in total. The van der Waals surface area contributed by atoms with Gasteiger partial charge in [0.1, 0.15) is 11.9 Å². The molecule has 2 heterocycles. The molecule has 0 bridgehead atoms. The lowest BCUT2D eigenvalue weighted by molar-refractivity contribution is -0.146. The topological polar surface area (TPSA) is 88.6 Å². The number of pyridine rings is 1. The fourth-order valence-corrected chi connectivity index (χ4v) is 3.70. The Bertz CT molecular complexity index is 623. The maximum Gasteiger partial charge on any atom is 0.324 e. The highest BCUT2D eigenvalue weighted by Gasteiger charge is 2.39. The highest BCUT2D eigenvalue weighted by molar-refractivity contribution is 7.90. The second-order valence-electron chi connectivity index (χ2n) is 4.49. The Kier molecular flexibility index (Phi) is 5.02. The van der Waals surface area contributed by atoms with Crippen LogP contribution in [0.1, 0.15) is 19.8 Å². The van der Waals surface area contributed by atoms with Gasteiger partial charge in [0.25, 0.3) is 0 Å². The summed E-state index contributed by atoms with van der Waals surface area (Å²) in [5.74, 6) is -0.420. The van der Waals surface area contributed by atoms with E-state index in [2.05, 4.69) is 9.71 Å². The average Bonchev–Trinajstić information content (AvgIpc) is 2.88. The highest BCUT2D eigenvalue weighted by Crippen LogP contribution is 2.23. The monoisotopic (exact) mass is 333 g/mol. The Morgan fingerprint density at radius 3 is 3.05 bits per heavy atom. The number of anilines is 1. The summed E-state index contributed by atoms with van der Waals surface area (Å²) in [6.45, 7) is 2.16. The summed E-state index contributed by atoms with van der Waals surface area (Å²) in [6.07, 6.45) is 2.45. The molecule has 1 aromatic rings. The zero-order chi connectivity index (χ0) is 15.5. The number of ether oxygens (including phenoxy) is 1. The molecule has 1 aromatic heterocycles. The van der Waals surface area contributed by atoms with Crippen LogP contribution in [0.3, 0.4) is 0 Å². The first kappa shape index (κ1) is 16.0. The van der Waals surface area contributed by atoms with Gasteiger partial charge in [-0.05, 0) is 25.8 Å². The summed E-state index contributed by atoms with van der Waals surface area (Å²) < 4.78 is 33.1. The second kappa shape index (κ2) is 6.59. The molecule has 9 heteroatoms. The third-order valence-electron chi connectivity index (χ3n) is 3.03. The summed E-state index contributed by atoms with van der Waals surface area (Å²) in [5, 5.41) is 0.367. The molecular formula is C12H16ClN3O4S. The van der Waals surface area contributed by atoms with Crippen molar-refractivity contribution in [2.24, 2.45) is 0 Å². The Morgan fingerprint density at radius 2 is 2.38 bits per heavy atom. The van der Waals surface area contributed by atoms with Crippen LogP contribution in [-0.4, -0.2) is 42.9 Å². The van der Waals surface area contributed by atoms with Crippen molar-refractivity contribution in [2.75, 3.05) is 17.9 Å². The molecule has 1 atom stereocenters. The number of aromatic nitrogens is 1. The van der Waals surface area contributed by atoms with Gasteiger partial charge in [-0.3, -0.25) is 9.52 Å². The quantitative estimate of drug-likeness (QED) is 0.823. The molecule has 0 aliphatic carbocycles. The summed E-state index contributed by atoms with van der Waals surface area (Å²) >= 11 is 5.79. The summed E-state index contributed by atoms with van der Waals surface area (Å²) in [6, 6.07) is 2.15. The van der Waals surface area contributed by atoms with E-state index in [4.69, 9.17) is 16.3 Å². The largest absolute Gasteiger partial charge is 0.465 e. The molecule has 1 N–H and O–H groups in total. The first-order valence-electron chi connectivity index (χ1n) is 6.52. The fourth-order valence-electron chi connectivity index (χ4n) is 2.15. The predicted octanol–water partition coefficient (Wildman–Crippen LogP) is 1.42. The van der Waals surface area contributed by atoms with E-state index in [0.717, 1.165) is 4.31 Å². The lowest BCUT2D eigenvalue weighted by Gasteiger charge is -2.22. The van der Waals surface area contributed by atoms with Crippen molar-refractivity contribution < 1.29 is 17.9 Å². The van der Waals surface area contributed by atoms with Crippen molar-refractivity contribution in [1.29, 1.82) is 0 Å². The maximum absolute atomic E-state index is 12.4. The SMILES string of the molecule is CCOC(=O)C1CCCN1S(=O)(=O)Nc1cc(Cl)ccn1. The first-order valence-corrected chi connectivity index (χ1v) is 8.33. The summed E-state index contributed by atoms with van der Waals surface area (Å²) in [7, 11) is -3.88. The number of nitrogens with zero attached hydrogens (tertiary/aromatic N) is 2. The van der Waals surface area contributed by atoms with Gasteiger partial charge in [-0.1, -0.05) is 11.6 Å². The van der Waals surface area contributed by atoms with E-state index in [1.165, 1.54) is 18.3 Å². The van der Waals surface area contributed by atoms with Crippen LogP contribution in [0.4, 0.5) is 5.82 Å². The molecule has 0 saturated carbocycles. The zero-order valence-electron chi connectivity index (χ0n) is 11.5. The van der Waals surface area contributed by atoms with Crippen LogP contribution in [0.2, 0.25) is 5.02 Å². The molecule has 1 aliphatic rings. The normalized spacial score (nSPS) is 19.4. The average molecular weight is 334 g/mol. The van der Waals surface area contributed by atoms with Gasteiger partial charge in [-0.15, -0.1) is 0 Å². The number of hydrogen-bond donors (Lipinski definition) is 1. The minimum absolute atomic E-state index is 0.108. The van der Waals surface area contributed by atoms with Crippen molar-refractivity contribution in [1.82, 2.24) is 9.29 Å². The molecule has 1 fully saturated rings. The number of carbonyl (C=O) groups excluding carboxylic acids is 1. The van der Waals surface area contributed by atoms with Crippen LogP contribution < -0.4 is 4.72 Å². The van der Waals surface area contributed by atoms with Crippen molar-refractivity contribution in [2.45, 2.75) is 25.8 Å². The molecule has 1 aliphatic heterocycles. The van der Waals surface area contributed by atoms with Crippen molar-refractivity contribution in [3.05, 3.63) is 23.4 Å². The molecule has 116 valence electrons. The smallest absolute Gasteiger partial charge is 0.324 e. The lowest BCUT2D eigenvalue weighted by Crippen LogP contribution is -2.44. The van der Waals surface area contributed by atoms with Crippen LogP contribution in [0.5, 0.6) is 0 Å². The number of carbonyl (C=O) groups is 1. The number of rotatable bonds is 5. The van der Waals surface area contributed by atoms with E-state index in [1.807, 2.05) is 0 Å². The van der Waals surface area contributed by atoms with Crippen molar-refractivity contribution >= 4 is 33.6 Å². The first-order chi connectivity index (χ1) is 9.94. The minimum atomic E-state index is -3.88. The molecule has 0 aromatic carbocycles. The maximum atomic E-state index is 12.4. The fraction of sp³-hybridized carbons (Fsp3) is 0.500. The van der Waals surface area contributed by atoms with Crippen molar-refractivity contribution in [3.63, 3.8) is 0 Å². The molecule has 1 unspecified atom stereocenters. The van der Waals surface area contributed by atoms with E-state index in [-0.39, 0.29) is 19.0 Å². The van der Waals surface area contributed by atoms with E-state index in [9.17, 15) is 13.2 Å². The third-order valence-corrected chi connectivity index (χ3v) is 4.78. The Labute approximate surface area is 128 Å². The van der Waals surface area contributed by atoms with Gasteiger partial charge >= 0.3 is 16.2 Å². The molecular weight excluding hydrogens is 318 g/mol. The van der Waals surface area contributed by atoms with E-state index in [0.29, 0.717) is 17.9 Å². The van der Waals surface area contributed by atoms with Crippen LogP contribution >= 0.6 is 11.6 Å². The van der Waals surface area contributed by atoms with Gasteiger partial charge in [0, 0.05) is 23.8 Å². The third kappa shape index (κ3) is 3.84. The molecule has 2 rings (SSSR count). The summed E-state index contributed by atoms with van der Waals surface area (Å²) in [4.78, 5) is 15.7. The van der Waals surface area contributed by atoms with Gasteiger partial charge < -0.3 is 4.74 Å². The lowest BCUT2D eigenvalue weighted by atomic mass is 10.2. The number of nitrogens with one attached hydrogen (secondary N) is 1. The van der Waals surface area contributed by atoms with E-state index < -0.39 is 22.2 Å². The molecule has 0 spiro atoms. The Morgan fingerprint density at radius 1 is 1.62 bits per heavy atom. The van der Waals surface area contributed by atoms with Gasteiger partial charge in [0.05, 0.1) is 6.61 Å².